The van der Waals surface area contributed by atoms with E-state index in [1.807, 2.05) is 0 Å². The van der Waals surface area contributed by atoms with Gasteiger partial charge in [-0.15, -0.1) is 0 Å². The van der Waals surface area contributed by atoms with E-state index in [0.717, 1.165) is 6.08 Å². The number of carbonyl (C=O) groups is 2. The van der Waals surface area contributed by atoms with Crippen LogP contribution in [0.2, 0.25) is 0 Å². The van der Waals surface area contributed by atoms with Gasteiger partial charge in [-0.2, -0.15) is 0 Å². The minimum absolute atomic E-state index is 0.0472. The van der Waals surface area contributed by atoms with Gasteiger partial charge in [0.15, 0.2) is 0 Å². The molecule has 0 aliphatic rings. The van der Waals surface area contributed by atoms with Gasteiger partial charge in [-0.05, 0) is 30.3 Å². The fourth-order valence-electron chi connectivity index (χ4n) is 1.58. The van der Waals surface area contributed by atoms with E-state index in [4.69, 9.17) is 5.11 Å². The summed E-state index contributed by atoms with van der Waals surface area (Å²) < 4.78 is 26.5. The number of nitrogens with one attached hydrogen (secondary N) is 2. The fourth-order valence-corrected chi connectivity index (χ4v) is 2.54. The molecule has 9 nitrogen and oxygen atoms in total. The molecule has 1 amide bonds. The van der Waals surface area contributed by atoms with Crippen molar-refractivity contribution in [3.8, 4) is 0 Å². The number of rotatable bonds is 6. The maximum absolute atomic E-state index is 12.2. The third kappa shape index (κ3) is 4.88. The van der Waals surface area contributed by atoms with Crippen molar-refractivity contribution in [1.29, 1.82) is 0 Å². The first kappa shape index (κ1) is 17.1. The molecule has 0 atom stereocenters. The van der Waals surface area contributed by atoms with E-state index in [-0.39, 0.29) is 10.8 Å². The van der Waals surface area contributed by atoms with E-state index in [2.05, 4.69) is 20.0 Å². The first-order chi connectivity index (χ1) is 11.4. The second-order valence-corrected chi connectivity index (χ2v) is 6.05. The molecule has 2 aromatic rings. The normalized spacial score (nSPS) is 11.2. The number of amides is 1. The molecular weight excluding hydrogens is 336 g/mol. The van der Waals surface area contributed by atoms with Crippen LogP contribution in [0.15, 0.2) is 59.8 Å². The van der Waals surface area contributed by atoms with E-state index in [9.17, 15) is 18.0 Å². The van der Waals surface area contributed by atoms with Crippen LogP contribution in [0.3, 0.4) is 0 Å². The first-order valence-electron chi connectivity index (χ1n) is 6.49. The molecule has 0 saturated carbocycles. The quantitative estimate of drug-likeness (QED) is 0.658. The summed E-state index contributed by atoms with van der Waals surface area (Å²) in [6, 6.07) is 6.84. The molecule has 10 heteroatoms. The van der Waals surface area contributed by atoms with Crippen LogP contribution in [-0.2, 0) is 19.6 Å². The zero-order valence-electron chi connectivity index (χ0n) is 12.1. The number of anilines is 2. The minimum Gasteiger partial charge on any atom is -0.478 e. The Morgan fingerprint density at radius 2 is 1.67 bits per heavy atom. The Morgan fingerprint density at radius 3 is 2.25 bits per heavy atom. The van der Waals surface area contributed by atoms with Crippen LogP contribution in [-0.4, -0.2) is 35.4 Å². The standard InChI is InChI=1S/C14H12N4O5S/c19-12(6-7-13(20)21)17-10-2-4-11(5-3-10)24(22,23)18-14-15-8-1-9-16-14/h1-9H,(H,17,19)(H,20,21)(H,15,16,18)/b7-6+. The summed E-state index contributed by atoms with van der Waals surface area (Å²) in [4.78, 5) is 29.2. The highest BCUT2D eigenvalue weighted by molar-refractivity contribution is 7.92. The van der Waals surface area contributed by atoms with Crippen LogP contribution in [0.4, 0.5) is 11.6 Å². The van der Waals surface area contributed by atoms with E-state index in [1.54, 1.807) is 6.07 Å². The van der Waals surface area contributed by atoms with Gasteiger partial charge < -0.3 is 10.4 Å². The third-order valence-electron chi connectivity index (χ3n) is 2.60. The highest BCUT2D eigenvalue weighted by Crippen LogP contribution is 2.16. The lowest BCUT2D eigenvalue weighted by molar-refractivity contribution is -0.131. The van der Waals surface area contributed by atoms with Gasteiger partial charge in [0.2, 0.25) is 11.9 Å². The summed E-state index contributed by atoms with van der Waals surface area (Å²) in [7, 11) is -3.86. The van der Waals surface area contributed by atoms with E-state index in [0.29, 0.717) is 11.8 Å². The molecule has 0 spiro atoms. The molecule has 3 N–H and O–H groups in total. The van der Waals surface area contributed by atoms with Gasteiger partial charge in [0.1, 0.15) is 0 Å². The van der Waals surface area contributed by atoms with Crippen molar-refractivity contribution in [1.82, 2.24) is 9.97 Å². The molecule has 1 aromatic carbocycles. The molecule has 1 heterocycles. The van der Waals surface area contributed by atoms with Gasteiger partial charge in [0.05, 0.1) is 4.90 Å². The Hall–Kier alpha value is -3.27. The summed E-state index contributed by atoms with van der Waals surface area (Å²) in [5.41, 5.74) is 0.310. The zero-order valence-corrected chi connectivity index (χ0v) is 12.9. The molecule has 0 aliphatic carbocycles. The maximum atomic E-state index is 12.2. The summed E-state index contributed by atoms with van der Waals surface area (Å²) in [5, 5.41) is 10.8. The average Bonchev–Trinajstić information content (AvgIpc) is 2.54. The van der Waals surface area contributed by atoms with Gasteiger partial charge in [0, 0.05) is 30.2 Å². The van der Waals surface area contributed by atoms with Crippen molar-refractivity contribution in [3.05, 3.63) is 54.9 Å². The van der Waals surface area contributed by atoms with Crippen LogP contribution in [0, 0.1) is 0 Å². The van der Waals surface area contributed by atoms with Crippen molar-refractivity contribution < 1.29 is 23.1 Å². The topological polar surface area (TPSA) is 138 Å². The van der Waals surface area contributed by atoms with Gasteiger partial charge in [-0.3, -0.25) is 4.79 Å². The Kier molecular flexibility index (Phi) is 5.22. The van der Waals surface area contributed by atoms with Crippen molar-refractivity contribution in [2.24, 2.45) is 0 Å². The highest BCUT2D eigenvalue weighted by atomic mass is 32.2. The van der Waals surface area contributed by atoms with Gasteiger partial charge >= 0.3 is 5.97 Å². The van der Waals surface area contributed by atoms with Crippen molar-refractivity contribution in [2.45, 2.75) is 4.90 Å². The highest BCUT2D eigenvalue weighted by Gasteiger charge is 2.15. The Balaban J connectivity index is 2.08. The van der Waals surface area contributed by atoms with Crippen molar-refractivity contribution in [3.63, 3.8) is 0 Å². The molecule has 24 heavy (non-hydrogen) atoms. The predicted molar refractivity (Wildman–Crippen MR) is 84.7 cm³/mol. The largest absolute Gasteiger partial charge is 0.478 e. The summed E-state index contributed by atoms with van der Waals surface area (Å²) in [5.74, 6) is -1.96. The van der Waals surface area contributed by atoms with Crippen LogP contribution in [0.25, 0.3) is 0 Å². The lowest BCUT2D eigenvalue weighted by Crippen LogP contribution is -2.15. The number of nitrogens with zero attached hydrogens (tertiary/aromatic N) is 2. The molecule has 0 aliphatic heterocycles. The lowest BCUT2D eigenvalue weighted by Gasteiger charge is -2.07. The predicted octanol–water partition coefficient (Wildman–Crippen LogP) is 0.857. The summed E-state index contributed by atoms with van der Waals surface area (Å²) in [6.45, 7) is 0. The second-order valence-electron chi connectivity index (χ2n) is 4.36. The molecule has 0 radical (unpaired) electrons. The van der Waals surface area contributed by atoms with E-state index < -0.39 is 21.9 Å². The molecule has 1 aromatic heterocycles. The Morgan fingerprint density at radius 1 is 1.04 bits per heavy atom. The van der Waals surface area contributed by atoms with Crippen molar-refractivity contribution in [2.75, 3.05) is 10.0 Å². The van der Waals surface area contributed by atoms with E-state index in [1.165, 1.54) is 36.7 Å². The number of benzene rings is 1. The molecule has 0 fully saturated rings. The van der Waals surface area contributed by atoms with Crippen LogP contribution in [0.5, 0.6) is 0 Å². The monoisotopic (exact) mass is 348 g/mol. The number of carbonyl (C=O) groups excluding carboxylic acids is 1. The fraction of sp³-hybridized carbons (Fsp3) is 0. The second kappa shape index (κ2) is 7.33. The molecule has 0 saturated heterocycles. The number of sulfonamides is 1. The van der Waals surface area contributed by atoms with Gasteiger partial charge in [-0.25, -0.2) is 27.9 Å². The number of hydrogen-bond donors (Lipinski definition) is 3. The van der Waals surface area contributed by atoms with Crippen LogP contribution >= 0.6 is 0 Å². The number of carboxylic acid groups (broad SMARTS) is 1. The molecule has 124 valence electrons. The summed E-state index contributed by atoms with van der Waals surface area (Å²) in [6.07, 6.45) is 4.33. The molecule has 2 rings (SSSR count). The zero-order chi connectivity index (χ0) is 17.6. The SMILES string of the molecule is O=C(O)/C=C/C(=O)Nc1ccc(S(=O)(=O)Nc2ncccn2)cc1. The van der Waals surface area contributed by atoms with Gasteiger partial charge in [0.25, 0.3) is 10.0 Å². The van der Waals surface area contributed by atoms with Crippen molar-refractivity contribution >= 4 is 33.5 Å². The maximum Gasteiger partial charge on any atom is 0.328 e. The van der Waals surface area contributed by atoms with Crippen LogP contribution < -0.4 is 10.0 Å². The number of hydrogen-bond acceptors (Lipinski definition) is 6. The number of carboxylic acids is 1. The molecule has 0 bridgehead atoms. The minimum atomic E-state index is -3.86. The molecular formula is C14H12N4O5S. The first-order valence-corrected chi connectivity index (χ1v) is 7.97. The average molecular weight is 348 g/mol. The third-order valence-corrected chi connectivity index (χ3v) is 3.94. The lowest BCUT2D eigenvalue weighted by atomic mass is 10.3. The van der Waals surface area contributed by atoms with E-state index >= 15 is 0 Å². The van der Waals surface area contributed by atoms with Crippen LogP contribution in [0.1, 0.15) is 0 Å². The summed E-state index contributed by atoms with van der Waals surface area (Å²) >= 11 is 0. The Bertz CT molecular complexity index is 864. The number of aromatic nitrogens is 2. The van der Waals surface area contributed by atoms with Gasteiger partial charge in [-0.1, -0.05) is 0 Å². The smallest absolute Gasteiger partial charge is 0.328 e. The Labute approximate surface area is 137 Å². The number of aliphatic carboxylic acids is 1. The molecule has 0 unspecified atom stereocenters.